The summed E-state index contributed by atoms with van der Waals surface area (Å²) in [6, 6.07) is 49.4. The van der Waals surface area contributed by atoms with Gasteiger partial charge in [-0.2, -0.15) is 0 Å². The Morgan fingerprint density at radius 1 is 0.490 bits per heavy atom. The largest absolute Gasteiger partial charge is 0.458 e. The van der Waals surface area contributed by atoms with Crippen LogP contribution in [0.5, 0.6) is 11.5 Å². The zero-order valence-corrected chi connectivity index (χ0v) is 28.1. The third kappa shape index (κ3) is 4.15. The molecule has 0 amide bonds. The first kappa shape index (κ1) is 28.2. The van der Waals surface area contributed by atoms with Crippen LogP contribution in [0.4, 0.5) is 0 Å². The normalized spacial score (nSPS) is 12.6. The van der Waals surface area contributed by atoms with Crippen molar-refractivity contribution >= 4 is 44.9 Å². The maximum absolute atomic E-state index is 6.85. The van der Waals surface area contributed by atoms with Crippen molar-refractivity contribution in [3.8, 4) is 50.6 Å². The first-order valence-corrected chi connectivity index (χ1v) is 17.2. The monoisotopic (exact) mass is 627 g/mol. The average molecular weight is 628 g/mol. The van der Waals surface area contributed by atoms with Crippen LogP contribution in [0.1, 0.15) is 22.3 Å². The van der Waals surface area contributed by atoms with E-state index in [2.05, 4.69) is 166 Å². The Morgan fingerprint density at radius 2 is 1.12 bits per heavy atom. The molecule has 2 aliphatic rings. The van der Waals surface area contributed by atoms with Crippen molar-refractivity contribution in [2.45, 2.75) is 27.7 Å². The lowest BCUT2D eigenvalue weighted by molar-refractivity contribution is 0.487. The highest BCUT2D eigenvalue weighted by Crippen LogP contribution is 2.41. The van der Waals surface area contributed by atoms with E-state index in [4.69, 9.17) is 4.74 Å². The number of fused-ring (bicyclic) bond motifs is 7. The Morgan fingerprint density at radius 3 is 1.86 bits per heavy atom. The molecule has 3 heteroatoms. The first-order valence-electron chi connectivity index (χ1n) is 17.2. The van der Waals surface area contributed by atoms with Crippen LogP contribution >= 0.6 is 0 Å². The van der Waals surface area contributed by atoms with Gasteiger partial charge in [-0.15, -0.1) is 0 Å². The number of hydrogen-bond acceptors (Lipinski definition) is 1. The predicted octanol–water partition coefficient (Wildman–Crippen LogP) is 9.95. The summed E-state index contributed by atoms with van der Waals surface area (Å²) >= 11 is 0. The molecule has 0 aliphatic carbocycles. The van der Waals surface area contributed by atoms with Gasteiger partial charge in [0.2, 0.25) is 0 Å². The van der Waals surface area contributed by atoms with Crippen molar-refractivity contribution in [2.24, 2.45) is 0 Å². The number of hydrogen-bond donors (Lipinski definition) is 0. The molecule has 232 valence electrons. The van der Waals surface area contributed by atoms with Crippen LogP contribution in [0.2, 0.25) is 0 Å². The molecule has 10 rings (SSSR count). The summed E-state index contributed by atoms with van der Waals surface area (Å²) in [6.45, 7) is 8.85. The molecule has 0 bridgehead atoms. The Balaban J connectivity index is 1.32. The van der Waals surface area contributed by atoms with E-state index in [1.165, 1.54) is 99.5 Å². The van der Waals surface area contributed by atoms with E-state index < -0.39 is 0 Å². The van der Waals surface area contributed by atoms with Gasteiger partial charge >= 0.3 is 0 Å². The van der Waals surface area contributed by atoms with Crippen LogP contribution in [-0.2, 0) is 0 Å². The van der Waals surface area contributed by atoms with Crippen molar-refractivity contribution in [1.82, 2.24) is 4.57 Å². The Labute approximate surface area is 287 Å². The van der Waals surface area contributed by atoms with Gasteiger partial charge in [-0.1, -0.05) is 103 Å². The number of nitrogens with zero attached hydrogens (tertiary/aromatic N) is 1. The highest BCUT2D eigenvalue weighted by Gasteiger charge is 2.41. The summed E-state index contributed by atoms with van der Waals surface area (Å²) in [6.07, 6.45) is 0. The van der Waals surface area contributed by atoms with Crippen molar-refractivity contribution in [1.29, 1.82) is 0 Å². The number of rotatable bonds is 3. The lowest BCUT2D eigenvalue weighted by Crippen LogP contribution is -2.58. The molecule has 1 aromatic heterocycles. The minimum atomic E-state index is 0.0249. The van der Waals surface area contributed by atoms with E-state index in [-0.39, 0.29) is 6.71 Å². The second kappa shape index (κ2) is 10.4. The zero-order chi connectivity index (χ0) is 33.0. The number of aryl methyl sites for hydroxylation is 4. The third-order valence-electron chi connectivity index (χ3n) is 10.7. The molecule has 0 atom stereocenters. The molecule has 2 aliphatic heterocycles. The first-order chi connectivity index (χ1) is 23.9. The van der Waals surface area contributed by atoms with Crippen molar-refractivity contribution < 1.29 is 4.74 Å². The number of aromatic nitrogens is 1. The van der Waals surface area contributed by atoms with Crippen LogP contribution in [0.25, 0.3) is 60.9 Å². The topological polar surface area (TPSA) is 14.2 Å². The molecular formula is C46H34BNO. The smallest absolute Gasteiger partial charge is 0.256 e. The molecular weight excluding hydrogens is 593 g/mol. The molecule has 0 N–H and O–H groups in total. The standard InChI is InChI=1S/C46H34BNO/c1-27-19-29(3)44(30(4)20-27)34-16-18-42-38(25-34)47-39-26-35(32-13-9-6-10-14-32)24-37-36-23-33(31-11-7-5-8-12-31)15-17-40(36)48(46(37)39)41-21-28(2)22-43(49-42)45(41)47/h5-26H,1-4H3. The fourth-order valence-electron chi connectivity index (χ4n) is 8.82. The number of ether oxygens (including phenoxy) is 1. The lowest BCUT2D eigenvalue weighted by Gasteiger charge is -2.34. The van der Waals surface area contributed by atoms with Crippen LogP contribution in [0, 0.1) is 27.7 Å². The van der Waals surface area contributed by atoms with Gasteiger partial charge in [-0.3, -0.25) is 0 Å². The van der Waals surface area contributed by atoms with Crippen LogP contribution in [0.15, 0.2) is 133 Å². The molecule has 0 spiro atoms. The zero-order valence-electron chi connectivity index (χ0n) is 28.1. The van der Waals surface area contributed by atoms with Gasteiger partial charge in [0, 0.05) is 22.0 Å². The Kier molecular flexibility index (Phi) is 5.96. The molecule has 0 saturated carbocycles. The van der Waals surface area contributed by atoms with Crippen molar-refractivity contribution in [3.63, 3.8) is 0 Å². The summed E-state index contributed by atoms with van der Waals surface area (Å²) < 4.78 is 9.37. The van der Waals surface area contributed by atoms with Gasteiger partial charge in [-0.25, -0.2) is 0 Å². The van der Waals surface area contributed by atoms with Gasteiger partial charge in [0.25, 0.3) is 6.71 Å². The van der Waals surface area contributed by atoms with Crippen LogP contribution in [-0.4, -0.2) is 11.3 Å². The van der Waals surface area contributed by atoms with Gasteiger partial charge in [0.05, 0.1) is 5.52 Å². The quantitative estimate of drug-likeness (QED) is 0.178. The third-order valence-corrected chi connectivity index (χ3v) is 10.7. The highest BCUT2D eigenvalue weighted by molar-refractivity contribution is 6.99. The Bertz CT molecular complexity index is 2640. The molecule has 3 heterocycles. The SMILES string of the molecule is Cc1cc(C)c(-c2ccc3c(c2)B2c4c(cc(C)cc4-n4c5ccc(-c6ccccc6)cc5c5cc(-c6ccccc6)cc2c54)O3)c(C)c1. The minimum Gasteiger partial charge on any atom is -0.458 e. The molecule has 7 aromatic carbocycles. The van der Waals surface area contributed by atoms with E-state index in [1.807, 2.05) is 0 Å². The van der Waals surface area contributed by atoms with Crippen LogP contribution in [0.3, 0.4) is 0 Å². The van der Waals surface area contributed by atoms with Gasteiger partial charge in [-0.05, 0) is 131 Å². The predicted molar refractivity (Wildman–Crippen MR) is 207 cm³/mol. The van der Waals surface area contributed by atoms with E-state index >= 15 is 0 Å². The molecule has 0 radical (unpaired) electrons. The van der Waals surface area contributed by atoms with E-state index in [0.717, 1.165) is 11.5 Å². The van der Waals surface area contributed by atoms with E-state index in [9.17, 15) is 0 Å². The summed E-state index contributed by atoms with van der Waals surface area (Å²) in [7, 11) is 0. The van der Waals surface area contributed by atoms with E-state index in [1.54, 1.807) is 0 Å². The molecule has 8 aromatic rings. The summed E-state index contributed by atoms with van der Waals surface area (Å²) in [5.41, 5.74) is 20.1. The lowest BCUT2D eigenvalue weighted by atomic mass is 9.34. The molecule has 0 saturated heterocycles. The van der Waals surface area contributed by atoms with Gasteiger partial charge < -0.3 is 9.30 Å². The average Bonchev–Trinajstić information content (AvgIpc) is 3.44. The summed E-state index contributed by atoms with van der Waals surface area (Å²) in [5, 5.41) is 2.55. The van der Waals surface area contributed by atoms with Crippen molar-refractivity contribution in [3.05, 3.63) is 156 Å². The maximum Gasteiger partial charge on any atom is 0.256 e. The summed E-state index contributed by atoms with van der Waals surface area (Å²) in [5.74, 6) is 1.89. The van der Waals surface area contributed by atoms with E-state index in [0.29, 0.717) is 0 Å². The summed E-state index contributed by atoms with van der Waals surface area (Å²) in [4.78, 5) is 0. The van der Waals surface area contributed by atoms with Crippen molar-refractivity contribution in [2.75, 3.05) is 0 Å². The second-order valence-electron chi connectivity index (χ2n) is 14.0. The Hall–Kier alpha value is -5.80. The maximum atomic E-state index is 6.85. The second-order valence-corrected chi connectivity index (χ2v) is 14.0. The van der Waals surface area contributed by atoms with Gasteiger partial charge in [0.15, 0.2) is 0 Å². The fraction of sp³-hybridized carbons (Fsp3) is 0.0870. The minimum absolute atomic E-state index is 0.0249. The molecule has 2 nitrogen and oxygen atoms in total. The molecule has 0 unspecified atom stereocenters. The van der Waals surface area contributed by atoms with Gasteiger partial charge in [0.1, 0.15) is 11.5 Å². The number of benzene rings is 7. The molecule has 49 heavy (non-hydrogen) atoms. The fourth-order valence-corrected chi connectivity index (χ4v) is 8.82. The van der Waals surface area contributed by atoms with Crippen LogP contribution < -0.4 is 21.1 Å². The highest BCUT2D eigenvalue weighted by atomic mass is 16.5. The molecule has 0 fully saturated rings.